The van der Waals surface area contributed by atoms with E-state index in [1.165, 1.54) is 38.5 Å². The van der Waals surface area contributed by atoms with Crippen LogP contribution in [0.4, 0.5) is 5.69 Å². The van der Waals surface area contributed by atoms with E-state index in [2.05, 4.69) is 17.6 Å². The molecule has 0 amide bonds. The van der Waals surface area contributed by atoms with Crippen molar-refractivity contribution in [3.05, 3.63) is 36.4 Å². The van der Waals surface area contributed by atoms with Gasteiger partial charge in [-0.1, -0.05) is 12.5 Å². The average Bonchev–Trinajstić information content (AvgIpc) is 3.17. The molecule has 6 heteroatoms. The summed E-state index contributed by atoms with van der Waals surface area (Å²) in [6.45, 7) is 4.63. The first-order valence-corrected chi connectivity index (χ1v) is 13.8. The first-order chi connectivity index (χ1) is 15.1. The molecular weight excluding hydrogens is 424 g/mol. The lowest BCUT2D eigenvalue weighted by atomic mass is 9.76. The molecule has 3 saturated carbocycles. The number of rotatable bonds is 6. The van der Waals surface area contributed by atoms with Crippen LogP contribution in [0.25, 0.3) is 10.6 Å². The summed E-state index contributed by atoms with van der Waals surface area (Å²) in [6.07, 6.45) is 14.7. The van der Waals surface area contributed by atoms with Crippen molar-refractivity contribution in [2.24, 2.45) is 28.7 Å². The molecule has 2 aromatic rings. The minimum absolute atomic E-state index is 0.537. The molecule has 1 aromatic heterocycles. The summed E-state index contributed by atoms with van der Waals surface area (Å²) in [5.41, 5.74) is 2.80. The Morgan fingerprint density at radius 3 is 2.97 bits per heavy atom. The molecule has 0 spiro atoms. The summed E-state index contributed by atoms with van der Waals surface area (Å²) in [5, 5.41) is 2.83. The van der Waals surface area contributed by atoms with Crippen LogP contribution in [0.5, 0.6) is 5.75 Å². The van der Waals surface area contributed by atoms with Crippen molar-refractivity contribution in [2.45, 2.75) is 49.8 Å². The predicted octanol–water partition coefficient (Wildman–Crippen LogP) is 6.42. The Balaban J connectivity index is 1.34. The average molecular weight is 455 g/mol. The summed E-state index contributed by atoms with van der Waals surface area (Å²) >= 11 is 0.483. The van der Waals surface area contributed by atoms with E-state index < -0.39 is 11.2 Å². The van der Waals surface area contributed by atoms with E-state index in [9.17, 15) is 4.55 Å². The van der Waals surface area contributed by atoms with E-state index in [0.717, 1.165) is 62.7 Å². The van der Waals surface area contributed by atoms with Gasteiger partial charge in [-0.3, -0.25) is 4.99 Å². The smallest absolute Gasteiger partial charge is 0.156 e. The standard InChI is InChI=1S/C25H30N2O2S2/c1-3-18-11-16-4-6-19(18)12-17(10-16)5-7-20-15-29-24-22(25-26-8-9-30-25)13-21(31(2)28)14-23(24)27-20/h3,8-9,13-14,16-19H,1,4-7,10-12,15H2,2H3. The SMILES string of the molecule is C=CC1CC2CCC1CC(CCC1=Nc3cc([S+](C)[O-])cc(-c4nccs4)c3OC1)C2. The molecular formula is C25H30N2O2S2. The largest absolute Gasteiger partial charge is 0.612 e. The Hall–Kier alpha value is -1.63. The van der Waals surface area contributed by atoms with Gasteiger partial charge in [-0.2, -0.15) is 0 Å². The number of nitrogens with zero attached hydrogens (tertiary/aromatic N) is 2. The third kappa shape index (κ3) is 4.48. The predicted molar refractivity (Wildman–Crippen MR) is 129 cm³/mol. The molecule has 6 rings (SSSR count). The van der Waals surface area contributed by atoms with Gasteiger partial charge in [0.25, 0.3) is 0 Å². The fourth-order valence-corrected chi connectivity index (χ4v) is 6.96. The minimum atomic E-state index is -1.08. The van der Waals surface area contributed by atoms with Gasteiger partial charge in [-0.05, 0) is 73.4 Å². The first-order valence-electron chi connectivity index (χ1n) is 11.3. The first kappa shape index (κ1) is 21.2. The van der Waals surface area contributed by atoms with Crippen molar-refractivity contribution in [3.63, 3.8) is 0 Å². The third-order valence-corrected chi connectivity index (χ3v) is 9.01. The number of fused-ring (bicyclic) bond motifs is 5. The second-order valence-electron chi connectivity index (χ2n) is 9.29. The van der Waals surface area contributed by atoms with Crippen LogP contribution in [0.1, 0.15) is 44.9 Å². The monoisotopic (exact) mass is 454 g/mol. The third-order valence-electron chi connectivity index (χ3n) is 7.30. The fourth-order valence-electron chi connectivity index (χ4n) is 5.75. The van der Waals surface area contributed by atoms with Gasteiger partial charge >= 0.3 is 0 Å². The molecule has 4 aliphatic rings. The highest BCUT2D eigenvalue weighted by Crippen LogP contribution is 2.47. The second kappa shape index (κ2) is 9.08. The van der Waals surface area contributed by atoms with E-state index in [0.29, 0.717) is 6.61 Å². The molecule has 2 bridgehead atoms. The van der Waals surface area contributed by atoms with E-state index >= 15 is 0 Å². The van der Waals surface area contributed by atoms with Gasteiger partial charge in [0.1, 0.15) is 23.6 Å². The highest BCUT2D eigenvalue weighted by atomic mass is 32.2. The number of ether oxygens (including phenoxy) is 1. The molecule has 3 fully saturated rings. The maximum atomic E-state index is 12.2. The zero-order valence-corrected chi connectivity index (χ0v) is 19.7. The highest BCUT2D eigenvalue weighted by Gasteiger charge is 2.35. The number of thiazole rings is 1. The van der Waals surface area contributed by atoms with E-state index in [1.807, 2.05) is 17.5 Å². The van der Waals surface area contributed by atoms with Crippen LogP contribution in [0.15, 0.2) is 46.3 Å². The second-order valence-corrected chi connectivity index (χ2v) is 11.6. The maximum Gasteiger partial charge on any atom is 0.156 e. The van der Waals surface area contributed by atoms with Crippen LogP contribution in [-0.4, -0.2) is 28.1 Å². The molecule has 0 radical (unpaired) electrons. The van der Waals surface area contributed by atoms with E-state index in [-0.39, 0.29) is 0 Å². The Labute approximate surface area is 192 Å². The van der Waals surface area contributed by atoms with Gasteiger partial charge in [0, 0.05) is 23.7 Å². The van der Waals surface area contributed by atoms with Crippen LogP contribution in [0.3, 0.4) is 0 Å². The topological polar surface area (TPSA) is 57.5 Å². The van der Waals surface area contributed by atoms with Crippen LogP contribution >= 0.6 is 11.3 Å². The van der Waals surface area contributed by atoms with Crippen molar-refractivity contribution in [1.82, 2.24) is 4.98 Å². The normalized spacial score (nSPS) is 28.3. The molecule has 5 unspecified atom stereocenters. The molecule has 0 saturated heterocycles. The lowest BCUT2D eigenvalue weighted by Crippen LogP contribution is -2.19. The number of benzene rings is 1. The summed E-state index contributed by atoms with van der Waals surface area (Å²) in [4.78, 5) is 10.2. The van der Waals surface area contributed by atoms with Crippen molar-refractivity contribution in [2.75, 3.05) is 12.9 Å². The number of aromatic nitrogens is 1. The Morgan fingerprint density at radius 1 is 1.29 bits per heavy atom. The summed E-state index contributed by atoms with van der Waals surface area (Å²) < 4.78 is 18.4. The molecule has 5 atom stereocenters. The Kier molecular flexibility index (Phi) is 6.22. The fraction of sp³-hybridized carbons (Fsp3) is 0.520. The van der Waals surface area contributed by atoms with Gasteiger partial charge in [0.15, 0.2) is 10.6 Å². The molecule has 2 heterocycles. The van der Waals surface area contributed by atoms with Crippen molar-refractivity contribution in [3.8, 4) is 16.3 Å². The lowest BCUT2D eigenvalue weighted by molar-refractivity contribution is 0.243. The van der Waals surface area contributed by atoms with Crippen LogP contribution < -0.4 is 4.74 Å². The number of hydrogen-bond donors (Lipinski definition) is 0. The van der Waals surface area contributed by atoms with Crippen LogP contribution in [0.2, 0.25) is 0 Å². The Bertz CT molecular complexity index is 970. The quantitative estimate of drug-likeness (QED) is 0.374. The molecule has 164 valence electrons. The molecule has 0 N–H and O–H groups in total. The molecule has 4 nitrogen and oxygen atoms in total. The number of hydrogen-bond acceptors (Lipinski definition) is 5. The number of allylic oxidation sites excluding steroid dienone is 1. The van der Waals surface area contributed by atoms with E-state index in [4.69, 9.17) is 9.73 Å². The molecule has 3 aliphatic carbocycles. The van der Waals surface area contributed by atoms with Gasteiger partial charge < -0.3 is 9.29 Å². The maximum absolute atomic E-state index is 12.2. The lowest BCUT2D eigenvalue weighted by Gasteiger charge is -2.30. The summed E-state index contributed by atoms with van der Waals surface area (Å²) in [7, 11) is 0. The van der Waals surface area contributed by atoms with Gasteiger partial charge in [0.2, 0.25) is 0 Å². The van der Waals surface area contributed by atoms with Gasteiger partial charge in [0.05, 0.1) is 11.3 Å². The molecule has 1 aliphatic heterocycles. The summed E-state index contributed by atoms with van der Waals surface area (Å²) in [5.74, 6) is 3.99. The van der Waals surface area contributed by atoms with Crippen molar-refractivity contribution < 1.29 is 9.29 Å². The van der Waals surface area contributed by atoms with E-state index in [1.54, 1.807) is 23.8 Å². The molecule has 31 heavy (non-hydrogen) atoms. The van der Waals surface area contributed by atoms with Crippen LogP contribution in [-0.2, 0) is 11.2 Å². The highest BCUT2D eigenvalue weighted by molar-refractivity contribution is 7.90. The van der Waals surface area contributed by atoms with Gasteiger partial charge in [-0.25, -0.2) is 4.98 Å². The summed E-state index contributed by atoms with van der Waals surface area (Å²) in [6, 6.07) is 3.86. The number of aliphatic imine (C=N–C) groups is 1. The zero-order chi connectivity index (χ0) is 21.4. The van der Waals surface area contributed by atoms with Crippen molar-refractivity contribution in [1.29, 1.82) is 0 Å². The zero-order valence-electron chi connectivity index (χ0n) is 18.1. The van der Waals surface area contributed by atoms with Crippen molar-refractivity contribution >= 4 is 33.9 Å². The molecule has 1 aromatic carbocycles. The minimum Gasteiger partial charge on any atom is -0.612 e. The Morgan fingerprint density at radius 2 is 2.19 bits per heavy atom. The van der Waals surface area contributed by atoms with Crippen LogP contribution in [0, 0.1) is 23.7 Å². The van der Waals surface area contributed by atoms with Gasteiger partial charge in [-0.15, -0.1) is 17.9 Å².